The van der Waals surface area contributed by atoms with E-state index < -0.39 is 0 Å². The number of pyridine rings is 1. The number of fused-ring (bicyclic) bond motifs is 3. The van der Waals surface area contributed by atoms with E-state index in [1.807, 2.05) is 0 Å². The number of aromatic nitrogens is 3. The van der Waals surface area contributed by atoms with Crippen molar-refractivity contribution in [3.05, 3.63) is 64.4 Å². The smallest absolute Gasteiger partial charge is 0.257 e. The average Bonchev–Trinajstić information content (AvgIpc) is 2.79. The molecule has 3 N–H and O–H groups in total. The van der Waals surface area contributed by atoms with Crippen molar-refractivity contribution in [1.82, 2.24) is 25.4 Å². The zero-order valence-electron chi connectivity index (χ0n) is 16.5. The van der Waals surface area contributed by atoms with E-state index in [0.29, 0.717) is 51.7 Å². The van der Waals surface area contributed by atoms with E-state index in [1.165, 1.54) is 0 Å². The second-order valence-corrected chi connectivity index (χ2v) is 7.27. The molecule has 0 unspecified atom stereocenters. The van der Waals surface area contributed by atoms with Crippen LogP contribution in [0.25, 0.3) is 33.1 Å². The summed E-state index contributed by atoms with van der Waals surface area (Å²) in [6.45, 7) is 2.81. The molecule has 9 heteroatoms. The first kappa shape index (κ1) is 20.8. The number of piperazine rings is 1. The van der Waals surface area contributed by atoms with E-state index in [4.69, 9.17) is 0 Å². The number of H-pyrrole nitrogens is 1. The van der Waals surface area contributed by atoms with Gasteiger partial charge < -0.3 is 20.3 Å². The van der Waals surface area contributed by atoms with Crippen LogP contribution in [0.3, 0.4) is 0 Å². The topological polar surface area (TPSA) is 111 Å². The van der Waals surface area contributed by atoms with Gasteiger partial charge >= 0.3 is 0 Å². The highest BCUT2D eigenvalue weighted by molar-refractivity contribution is 6.07. The third-order valence-electron chi connectivity index (χ3n) is 5.41. The van der Waals surface area contributed by atoms with Gasteiger partial charge in [0, 0.05) is 48.1 Å². The summed E-state index contributed by atoms with van der Waals surface area (Å²) < 4.78 is 0. The number of hydrogen-bond acceptors (Lipinski definition) is 6. The fourth-order valence-corrected chi connectivity index (χ4v) is 3.84. The lowest BCUT2D eigenvalue weighted by Crippen LogP contribution is -2.46. The number of hydrogen-bond donors (Lipinski definition) is 3. The highest BCUT2D eigenvalue weighted by Gasteiger charge is 2.19. The Labute approximate surface area is 183 Å². The molecule has 0 saturated carbocycles. The third kappa shape index (κ3) is 3.71. The molecule has 5 rings (SSSR count). The molecule has 1 aliphatic rings. The number of carbonyl (C=O) groups excluding carboxylic acids is 1. The Hall–Kier alpha value is -3.49. The van der Waals surface area contributed by atoms with Crippen LogP contribution in [0.4, 0.5) is 0 Å². The molecule has 158 valence electrons. The predicted octanol–water partition coefficient (Wildman–Crippen LogP) is 2.31. The summed E-state index contributed by atoms with van der Waals surface area (Å²) in [5, 5.41) is 23.4. The molecule has 4 aromatic rings. The van der Waals surface area contributed by atoms with Crippen molar-refractivity contribution in [2.24, 2.45) is 0 Å². The predicted molar refractivity (Wildman–Crippen MR) is 121 cm³/mol. The number of halogens is 1. The lowest BCUT2D eigenvalue weighted by molar-refractivity contribution is 0.0736. The summed E-state index contributed by atoms with van der Waals surface area (Å²) in [4.78, 5) is 30.0. The number of benzene rings is 2. The van der Waals surface area contributed by atoms with Crippen LogP contribution in [0.2, 0.25) is 0 Å². The Bertz CT molecular complexity index is 1350. The molecule has 2 aromatic heterocycles. The number of phenols is 1. The summed E-state index contributed by atoms with van der Waals surface area (Å²) in [5.41, 5.74) is 1.56. The minimum Gasteiger partial charge on any atom is -0.507 e. The van der Waals surface area contributed by atoms with Gasteiger partial charge in [-0.1, -0.05) is 18.2 Å². The van der Waals surface area contributed by atoms with Crippen LogP contribution in [0, 0.1) is 0 Å². The molecule has 2 aromatic carbocycles. The van der Waals surface area contributed by atoms with Crippen molar-refractivity contribution in [1.29, 1.82) is 0 Å². The number of rotatable bonds is 2. The molecule has 1 saturated heterocycles. The van der Waals surface area contributed by atoms with Gasteiger partial charge in [-0.25, -0.2) is 0 Å². The molecule has 0 spiro atoms. The first-order valence-electron chi connectivity index (χ1n) is 9.73. The van der Waals surface area contributed by atoms with Gasteiger partial charge in [0.15, 0.2) is 5.65 Å². The molecular weight excluding hydrogens is 418 g/mol. The van der Waals surface area contributed by atoms with Gasteiger partial charge in [0.2, 0.25) is 0 Å². The number of para-hydroxylation sites is 1. The van der Waals surface area contributed by atoms with Gasteiger partial charge in [-0.2, -0.15) is 0 Å². The van der Waals surface area contributed by atoms with E-state index in [2.05, 4.69) is 20.5 Å². The molecule has 0 radical (unpaired) electrons. The Kier molecular flexibility index (Phi) is 5.58. The Balaban J connectivity index is 0.00000231. The number of aromatic hydroxyl groups is 1. The lowest BCUT2D eigenvalue weighted by Gasteiger charge is -2.27. The molecule has 0 aliphatic carbocycles. The van der Waals surface area contributed by atoms with E-state index in [-0.39, 0.29) is 29.6 Å². The van der Waals surface area contributed by atoms with Crippen LogP contribution >= 0.6 is 12.4 Å². The molecule has 0 bridgehead atoms. The van der Waals surface area contributed by atoms with Gasteiger partial charge in [-0.3, -0.25) is 9.59 Å². The lowest BCUT2D eigenvalue weighted by atomic mass is 10.0. The van der Waals surface area contributed by atoms with Crippen LogP contribution in [0.1, 0.15) is 10.4 Å². The fourth-order valence-electron chi connectivity index (χ4n) is 3.84. The summed E-state index contributed by atoms with van der Waals surface area (Å²) in [6.07, 6.45) is 0. The van der Waals surface area contributed by atoms with Crippen LogP contribution in [0.5, 0.6) is 5.75 Å². The molecule has 1 amide bonds. The van der Waals surface area contributed by atoms with Crippen molar-refractivity contribution in [2.45, 2.75) is 0 Å². The molecular formula is C22H20ClN5O3. The number of amides is 1. The zero-order chi connectivity index (χ0) is 20.7. The second-order valence-electron chi connectivity index (χ2n) is 7.27. The van der Waals surface area contributed by atoms with Crippen molar-refractivity contribution in [3.63, 3.8) is 0 Å². The zero-order valence-corrected chi connectivity index (χ0v) is 17.3. The Morgan fingerprint density at radius 1 is 0.968 bits per heavy atom. The van der Waals surface area contributed by atoms with E-state index >= 15 is 0 Å². The summed E-state index contributed by atoms with van der Waals surface area (Å²) in [6, 6.07) is 13.8. The Morgan fingerprint density at radius 2 is 1.74 bits per heavy atom. The molecule has 3 heterocycles. The monoisotopic (exact) mass is 437 g/mol. The maximum absolute atomic E-state index is 12.8. The van der Waals surface area contributed by atoms with Gasteiger partial charge in [-0.05, 0) is 35.7 Å². The highest BCUT2D eigenvalue weighted by atomic mass is 35.5. The summed E-state index contributed by atoms with van der Waals surface area (Å²) in [5.74, 6) is 0.0180. The number of nitrogens with zero attached hydrogens (tertiary/aromatic N) is 3. The van der Waals surface area contributed by atoms with Crippen molar-refractivity contribution in [3.8, 4) is 17.0 Å². The fraction of sp³-hybridized carbons (Fsp3) is 0.182. The van der Waals surface area contributed by atoms with Gasteiger partial charge in [0.1, 0.15) is 5.75 Å². The molecule has 0 atom stereocenters. The van der Waals surface area contributed by atoms with Gasteiger partial charge in [0.25, 0.3) is 11.5 Å². The van der Waals surface area contributed by atoms with Gasteiger partial charge in [-0.15, -0.1) is 22.6 Å². The largest absolute Gasteiger partial charge is 0.507 e. The summed E-state index contributed by atoms with van der Waals surface area (Å²) in [7, 11) is 0. The van der Waals surface area contributed by atoms with Crippen LogP contribution in [0.15, 0.2) is 53.3 Å². The summed E-state index contributed by atoms with van der Waals surface area (Å²) >= 11 is 0. The molecule has 8 nitrogen and oxygen atoms in total. The van der Waals surface area contributed by atoms with E-state index in [9.17, 15) is 14.7 Å². The van der Waals surface area contributed by atoms with Crippen molar-refractivity contribution < 1.29 is 9.90 Å². The first-order valence-corrected chi connectivity index (χ1v) is 9.73. The number of aromatic amines is 1. The number of nitrogens with one attached hydrogen (secondary N) is 2. The maximum Gasteiger partial charge on any atom is 0.257 e. The minimum atomic E-state index is -0.322. The SMILES string of the molecule is Cl.O=C(c1ccc2c(c1)c(=O)[nH]c1nnc(-c3ccccc3O)cc12)N1CCNCC1. The van der Waals surface area contributed by atoms with E-state index in [1.54, 1.807) is 53.4 Å². The highest BCUT2D eigenvalue weighted by Crippen LogP contribution is 2.30. The molecule has 1 fully saturated rings. The minimum absolute atomic E-state index is 0. The van der Waals surface area contributed by atoms with E-state index in [0.717, 1.165) is 13.1 Å². The third-order valence-corrected chi connectivity index (χ3v) is 5.41. The first-order chi connectivity index (χ1) is 14.6. The molecule has 31 heavy (non-hydrogen) atoms. The number of carbonyl (C=O) groups is 1. The van der Waals surface area contributed by atoms with Crippen LogP contribution in [-0.4, -0.2) is 57.3 Å². The standard InChI is InChI=1S/C22H19N5O3.ClH/c28-19-4-2-1-3-15(19)18-12-16-14-6-5-13(22(30)27-9-7-23-8-10-27)11-17(14)21(29)24-20(16)26-25-18;/h1-6,11-12,23,28H,7-10H2,(H,24,26,29);1H. The average molecular weight is 438 g/mol. The second kappa shape index (κ2) is 8.33. The van der Waals surface area contributed by atoms with Crippen molar-refractivity contribution >= 4 is 40.1 Å². The quantitative estimate of drug-likeness (QED) is 0.415. The molecule has 1 aliphatic heterocycles. The van der Waals surface area contributed by atoms with Gasteiger partial charge in [0.05, 0.1) is 5.69 Å². The maximum atomic E-state index is 12.8. The van der Waals surface area contributed by atoms with Crippen molar-refractivity contribution in [2.75, 3.05) is 26.2 Å². The van der Waals surface area contributed by atoms with Crippen LogP contribution in [-0.2, 0) is 0 Å². The normalized spacial score (nSPS) is 13.9. The van der Waals surface area contributed by atoms with Crippen LogP contribution < -0.4 is 10.9 Å². The number of phenolic OH excluding ortho intramolecular Hbond substituents is 1. The Morgan fingerprint density at radius 3 is 2.52 bits per heavy atom.